The molecule has 1 aliphatic rings. The lowest BCUT2D eigenvalue weighted by molar-refractivity contribution is 0.385. The van der Waals surface area contributed by atoms with Crippen molar-refractivity contribution in [3.05, 3.63) is 0 Å². The molecular weight excluding hydrogens is 204 g/mol. The Morgan fingerprint density at radius 2 is 1.55 bits per heavy atom. The second-order valence-electron chi connectivity index (χ2n) is 3.00. The minimum atomic E-state index is 0.0544. The molecule has 0 aromatic heterocycles. The van der Waals surface area contributed by atoms with Crippen LogP contribution in [0.25, 0.3) is 0 Å². The molecule has 1 nitrogen and oxygen atoms in total. The Labute approximate surface area is 82.2 Å². The van der Waals surface area contributed by atoms with Crippen LogP contribution in [-0.4, -0.2) is 22.7 Å². The van der Waals surface area contributed by atoms with Gasteiger partial charge in [-0.05, 0) is 19.4 Å². The van der Waals surface area contributed by atoms with E-state index in [2.05, 4.69) is 0 Å². The van der Waals surface area contributed by atoms with Crippen LogP contribution in [0.5, 0.6) is 0 Å². The summed E-state index contributed by atoms with van der Waals surface area (Å²) in [5.74, 6) is 0.230. The normalized spacial score (nSPS) is 45.8. The molecule has 2 unspecified atom stereocenters. The molecule has 1 rings (SSSR count). The highest BCUT2D eigenvalue weighted by Crippen LogP contribution is 2.34. The standard InChI is InChI=1S/C7H12Cl3N/c8-4-1-6(9)5(3-11)7(10)2-4/h4-7H,1-3,11H2. The topological polar surface area (TPSA) is 26.0 Å². The Hall–Kier alpha value is 0.830. The maximum atomic E-state index is 6.02. The summed E-state index contributed by atoms with van der Waals surface area (Å²) in [4.78, 5) is 0. The van der Waals surface area contributed by atoms with Gasteiger partial charge in [-0.2, -0.15) is 0 Å². The zero-order valence-electron chi connectivity index (χ0n) is 6.14. The van der Waals surface area contributed by atoms with Gasteiger partial charge in [0, 0.05) is 22.0 Å². The van der Waals surface area contributed by atoms with Gasteiger partial charge in [-0.25, -0.2) is 0 Å². The van der Waals surface area contributed by atoms with Crippen LogP contribution >= 0.6 is 34.8 Å². The Morgan fingerprint density at radius 3 is 1.91 bits per heavy atom. The summed E-state index contributed by atoms with van der Waals surface area (Å²) in [6.07, 6.45) is 1.66. The minimum Gasteiger partial charge on any atom is -0.330 e. The highest BCUT2D eigenvalue weighted by atomic mass is 35.5. The molecule has 0 spiro atoms. The van der Waals surface area contributed by atoms with Crippen molar-refractivity contribution in [3.8, 4) is 0 Å². The van der Waals surface area contributed by atoms with E-state index in [1.807, 2.05) is 0 Å². The predicted octanol–water partition coefficient (Wildman–Crippen LogP) is 2.18. The van der Waals surface area contributed by atoms with Crippen molar-refractivity contribution in [1.82, 2.24) is 0 Å². The molecule has 1 fully saturated rings. The molecule has 1 saturated carbocycles. The first-order valence-electron chi connectivity index (χ1n) is 3.77. The van der Waals surface area contributed by atoms with Gasteiger partial charge in [-0.15, -0.1) is 34.8 Å². The van der Waals surface area contributed by atoms with Crippen LogP contribution in [0.2, 0.25) is 0 Å². The minimum absolute atomic E-state index is 0.0544. The summed E-state index contributed by atoms with van der Waals surface area (Å²) in [6.45, 7) is 0.561. The molecule has 0 amide bonds. The van der Waals surface area contributed by atoms with Crippen LogP contribution < -0.4 is 5.73 Å². The third kappa shape index (κ3) is 2.38. The summed E-state index contributed by atoms with van der Waals surface area (Å²) < 4.78 is 0. The summed E-state index contributed by atoms with van der Waals surface area (Å²) >= 11 is 18.0. The largest absolute Gasteiger partial charge is 0.330 e. The van der Waals surface area contributed by atoms with E-state index in [9.17, 15) is 0 Å². The summed E-state index contributed by atoms with van der Waals surface area (Å²) in [7, 11) is 0. The molecule has 1 aliphatic carbocycles. The van der Waals surface area contributed by atoms with E-state index >= 15 is 0 Å². The molecule has 0 aromatic rings. The maximum absolute atomic E-state index is 6.02. The Bertz CT molecular complexity index is 119. The molecule has 0 aliphatic heterocycles. The van der Waals surface area contributed by atoms with Gasteiger partial charge in [0.05, 0.1) is 0 Å². The lowest BCUT2D eigenvalue weighted by Gasteiger charge is -2.33. The van der Waals surface area contributed by atoms with Crippen LogP contribution in [0.3, 0.4) is 0 Å². The van der Waals surface area contributed by atoms with E-state index in [-0.39, 0.29) is 22.0 Å². The summed E-state index contributed by atoms with van der Waals surface area (Å²) in [5.41, 5.74) is 5.52. The number of halogens is 3. The number of rotatable bonds is 1. The second-order valence-corrected chi connectivity index (χ2v) is 4.74. The van der Waals surface area contributed by atoms with Crippen molar-refractivity contribution < 1.29 is 0 Å². The van der Waals surface area contributed by atoms with Crippen molar-refractivity contribution in [1.29, 1.82) is 0 Å². The number of hydrogen-bond acceptors (Lipinski definition) is 1. The SMILES string of the molecule is NCC1C(Cl)CC(Cl)CC1Cl. The number of alkyl halides is 3. The molecule has 66 valence electrons. The van der Waals surface area contributed by atoms with Gasteiger partial charge in [-0.3, -0.25) is 0 Å². The lowest BCUT2D eigenvalue weighted by atomic mass is 9.88. The van der Waals surface area contributed by atoms with Crippen LogP contribution in [-0.2, 0) is 0 Å². The van der Waals surface area contributed by atoms with E-state index in [4.69, 9.17) is 40.5 Å². The molecule has 0 radical (unpaired) electrons. The van der Waals surface area contributed by atoms with Crippen LogP contribution in [0.1, 0.15) is 12.8 Å². The van der Waals surface area contributed by atoms with Crippen LogP contribution in [0.15, 0.2) is 0 Å². The fourth-order valence-electron chi connectivity index (χ4n) is 1.46. The van der Waals surface area contributed by atoms with Gasteiger partial charge in [0.15, 0.2) is 0 Å². The highest BCUT2D eigenvalue weighted by molar-refractivity contribution is 6.27. The van der Waals surface area contributed by atoms with Gasteiger partial charge in [0.1, 0.15) is 0 Å². The van der Waals surface area contributed by atoms with E-state index in [0.717, 1.165) is 12.8 Å². The van der Waals surface area contributed by atoms with E-state index in [1.54, 1.807) is 0 Å². The van der Waals surface area contributed by atoms with E-state index < -0.39 is 0 Å². The zero-order valence-corrected chi connectivity index (χ0v) is 8.41. The van der Waals surface area contributed by atoms with Gasteiger partial charge in [0.25, 0.3) is 0 Å². The van der Waals surface area contributed by atoms with Crippen LogP contribution in [0, 0.1) is 5.92 Å². The van der Waals surface area contributed by atoms with Crippen LogP contribution in [0.4, 0.5) is 0 Å². The lowest BCUT2D eigenvalue weighted by Crippen LogP contribution is -2.39. The maximum Gasteiger partial charge on any atom is 0.0404 e. The van der Waals surface area contributed by atoms with Crippen molar-refractivity contribution in [2.45, 2.75) is 29.0 Å². The monoisotopic (exact) mass is 215 g/mol. The number of nitrogens with two attached hydrogens (primary N) is 1. The van der Waals surface area contributed by atoms with E-state index in [1.165, 1.54) is 0 Å². The third-order valence-electron chi connectivity index (χ3n) is 2.16. The molecule has 0 saturated heterocycles. The number of hydrogen-bond donors (Lipinski definition) is 1. The van der Waals surface area contributed by atoms with Crippen molar-refractivity contribution >= 4 is 34.8 Å². The molecule has 0 heterocycles. The molecule has 2 atom stereocenters. The molecule has 0 aromatic carbocycles. The van der Waals surface area contributed by atoms with Crippen molar-refractivity contribution in [2.75, 3.05) is 6.54 Å². The Kier molecular flexibility index (Phi) is 3.76. The quantitative estimate of drug-likeness (QED) is 0.668. The van der Waals surface area contributed by atoms with Gasteiger partial charge < -0.3 is 5.73 Å². The second kappa shape index (κ2) is 4.18. The highest BCUT2D eigenvalue weighted by Gasteiger charge is 2.33. The fourth-order valence-corrected chi connectivity index (χ4v) is 3.08. The van der Waals surface area contributed by atoms with Crippen molar-refractivity contribution in [2.24, 2.45) is 11.7 Å². The predicted molar refractivity (Wildman–Crippen MR) is 50.7 cm³/mol. The average Bonchev–Trinajstić information content (AvgIpc) is 1.85. The van der Waals surface area contributed by atoms with Gasteiger partial charge in [0.2, 0.25) is 0 Å². The van der Waals surface area contributed by atoms with E-state index in [0.29, 0.717) is 6.54 Å². The molecule has 4 heteroatoms. The molecule has 0 bridgehead atoms. The summed E-state index contributed by atoms with van der Waals surface area (Å²) in [6, 6.07) is 0. The first-order chi connectivity index (χ1) is 5.15. The Morgan fingerprint density at radius 1 is 1.09 bits per heavy atom. The molecular formula is C7H12Cl3N. The van der Waals surface area contributed by atoms with Crippen molar-refractivity contribution in [3.63, 3.8) is 0 Å². The first-order valence-corrected chi connectivity index (χ1v) is 5.08. The molecule has 2 N–H and O–H groups in total. The Balaban J connectivity index is 2.52. The van der Waals surface area contributed by atoms with Gasteiger partial charge >= 0.3 is 0 Å². The van der Waals surface area contributed by atoms with Gasteiger partial charge in [-0.1, -0.05) is 0 Å². The first kappa shape index (κ1) is 9.91. The average molecular weight is 217 g/mol. The molecule has 11 heavy (non-hydrogen) atoms. The summed E-state index contributed by atoms with van der Waals surface area (Å²) in [5, 5.41) is 0.236. The third-order valence-corrected chi connectivity index (χ3v) is 3.52. The zero-order chi connectivity index (χ0) is 8.43. The fraction of sp³-hybridized carbons (Fsp3) is 1.00. The smallest absolute Gasteiger partial charge is 0.0404 e.